The first kappa shape index (κ1) is 22.0. The summed E-state index contributed by atoms with van der Waals surface area (Å²) in [5.41, 5.74) is -0.00964. The first-order valence-electron chi connectivity index (χ1n) is 9.43. The molecular weight excluding hydrogens is 354 g/mol. The number of furan rings is 1. The van der Waals surface area contributed by atoms with Crippen molar-refractivity contribution in [3.05, 3.63) is 78.8 Å². The van der Waals surface area contributed by atoms with Gasteiger partial charge >= 0.3 is 0 Å². The highest BCUT2D eigenvalue weighted by Crippen LogP contribution is 2.31. The number of ether oxygens (including phenoxy) is 2. The van der Waals surface area contributed by atoms with Crippen molar-refractivity contribution in [2.45, 2.75) is 31.5 Å². The van der Waals surface area contributed by atoms with Crippen LogP contribution in [-0.4, -0.2) is 37.4 Å². The Morgan fingerprint density at radius 1 is 1.07 bits per heavy atom. The van der Waals surface area contributed by atoms with Crippen LogP contribution in [0.2, 0.25) is 0 Å². The summed E-state index contributed by atoms with van der Waals surface area (Å²) in [5, 5.41) is 10.9. The fourth-order valence-corrected chi connectivity index (χ4v) is 3.20. The molecule has 1 aromatic carbocycles. The first-order chi connectivity index (χ1) is 13.6. The van der Waals surface area contributed by atoms with Crippen LogP contribution in [0.5, 0.6) is 5.75 Å². The molecule has 0 saturated carbocycles. The zero-order chi connectivity index (χ0) is 20.4. The monoisotopic (exact) mass is 385 g/mol. The fraction of sp³-hybridized carbons (Fsp3) is 0.391. The molecule has 2 aromatic rings. The summed E-state index contributed by atoms with van der Waals surface area (Å²) in [4.78, 5) is 2.23. The van der Waals surface area contributed by atoms with E-state index in [9.17, 15) is 5.11 Å². The second-order valence-electron chi connectivity index (χ2n) is 6.80. The predicted octanol–water partition coefficient (Wildman–Crippen LogP) is 4.28. The third kappa shape index (κ3) is 5.83. The second kappa shape index (κ2) is 10.9. The lowest BCUT2D eigenvalue weighted by Gasteiger charge is -2.24. The van der Waals surface area contributed by atoms with Crippen LogP contribution in [0.25, 0.3) is 0 Å². The number of benzene rings is 1. The number of aliphatic hydroxyl groups is 1. The smallest absolute Gasteiger partial charge is 0.136 e. The van der Waals surface area contributed by atoms with Gasteiger partial charge in [-0.15, -0.1) is 13.2 Å². The molecule has 5 nitrogen and oxygen atoms in total. The van der Waals surface area contributed by atoms with Gasteiger partial charge in [-0.3, -0.25) is 4.90 Å². The third-order valence-electron chi connectivity index (χ3n) is 4.66. The van der Waals surface area contributed by atoms with Crippen LogP contribution in [0.1, 0.15) is 29.9 Å². The first-order valence-corrected chi connectivity index (χ1v) is 9.43. The van der Waals surface area contributed by atoms with Crippen molar-refractivity contribution in [1.29, 1.82) is 0 Å². The van der Waals surface area contributed by atoms with Gasteiger partial charge in [0.25, 0.3) is 0 Å². The topological polar surface area (TPSA) is 55.1 Å². The van der Waals surface area contributed by atoms with E-state index in [-0.39, 0.29) is 0 Å². The molecule has 0 atom stereocenters. The molecule has 1 N–H and O–H groups in total. The Morgan fingerprint density at radius 2 is 1.79 bits per heavy atom. The number of nitrogens with zero attached hydrogens (tertiary/aromatic N) is 1. The number of methoxy groups -OCH3 is 2. The van der Waals surface area contributed by atoms with Crippen LogP contribution < -0.4 is 4.74 Å². The Labute approximate surface area is 167 Å². The summed E-state index contributed by atoms with van der Waals surface area (Å²) < 4.78 is 16.7. The van der Waals surface area contributed by atoms with E-state index in [1.165, 1.54) is 0 Å². The Kier molecular flexibility index (Phi) is 8.51. The molecule has 0 fully saturated rings. The molecule has 1 aromatic heterocycles. The summed E-state index contributed by atoms with van der Waals surface area (Å²) in [6.07, 6.45) is 4.19. The average Bonchev–Trinajstić information content (AvgIpc) is 3.16. The number of rotatable bonds is 13. The minimum absolute atomic E-state index is 0.403. The second-order valence-corrected chi connectivity index (χ2v) is 6.80. The number of hydrogen-bond donors (Lipinski definition) is 1. The van der Waals surface area contributed by atoms with E-state index in [1.54, 1.807) is 26.4 Å². The standard InChI is InChI=1S/C23H31NO4/c1-5-13-23(25,14-6-2)22-12-11-20(28-22)18-24(15-16-26-3)17-19-9-7-8-10-21(19)27-4/h5-12,25H,1-2,13-18H2,3-4H3. The summed E-state index contributed by atoms with van der Waals surface area (Å²) in [7, 11) is 3.37. The minimum atomic E-state index is -1.11. The Hall–Kier alpha value is -2.34. The minimum Gasteiger partial charge on any atom is -0.496 e. The van der Waals surface area contributed by atoms with E-state index < -0.39 is 5.60 Å². The Balaban J connectivity index is 2.17. The molecule has 0 spiro atoms. The van der Waals surface area contributed by atoms with E-state index in [1.807, 2.05) is 30.3 Å². The molecule has 0 bridgehead atoms. The molecule has 0 aliphatic carbocycles. The molecule has 2 rings (SSSR count). The van der Waals surface area contributed by atoms with Gasteiger partial charge in [0.2, 0.25) is 0 Å². The fourth-order valence-electron chi connectivity index (χ4n) is 3.20. The molecule has 5 heteroatoms. The van der Waals surface area contributed by atoms with Crippen LogP contribution in [0.3, 0.4) is 0 Å². The van der Waals surface area contributed by atoms with Crippen molar-refractivity contribution in [2.75, 3.05) is 27.4 Å². The van der Waals surface area contributed by atoms with Crippen LogP contribution in [0, 0.1) is 0 Å². The van der Waals surface area contributed by atoms with Gasteiger partial charge in [-0.05, 0) is 18.2 Å². The highest BCUT2D eigenvalue weighted by Gasteiger charge is 2.30. The van der Waals surface area contributed by atoms with E-state index in [0.29, 0.717) is 38.3 Å². The lowest BCUT2D eigenvalue weighted by molar-refractivity contribution is 0.0184. The largest absolute Gasteiger partial charge is 0.496 e. The lowest BCUT2D eigenvalue weighted by Crippen LogP contribution is -2.27. The molecule has 0 amide bonds. The van der Waals surface area contributed by atoms with Crippen LogP contribution in [0.4, 0.5) is 0 Å². The zero-order valence-electron chi connectivity index (χ0n) is 16.9. The van der Waals surface area contributed by atoms with Gasteiger partial charge in [0.15, 0.2) is 0 Å². The van der Waals surface area contributed by atoms with Gasteiger partial charge in [-0.1, -0.05) is 30.4 Å². The van der Waals surface area contributed by atoms with Crippen molar-refractivity contribution in [3.8, 4) is 5.75 Å². The lowest BCUT2D eigenvalue weighted by atomic mass is 9.93. The van der Waals surface area contributed by atoms with Crippen molar-refractivity contribution < 1.29 is 19.0 Å². The molecule has 0 radical (unpaired) electrons. The molecular formula is C23H31NO4. The maximum atomic E-state index is 10.9. The van der Waals surface area contributed by atoms with Crippen LogP contribution in [0.15, 0.2) is 66.1 Å². The van der Waals surface area contributed by atoms with Crippen molar-refractivity contribution in [1.82, 2.24) is 4.90 Å². The molecule has 0 saturated heterocycles. The third-order valence-corrected chi connectivity index (χ3v) is 4.66. The summed E-state index contributed by atoms with van der Waals surface area (Å²) in [6.45, 7) is 10.1. The maximum Gasteiger partial charge on any atom is 0.136 e. The molecule has 28 heavy (non-hydrogen) atoms. The van der Waals surface area contributed by atoms with Gasteiger partial charge in [0.1, 0.15) is 22.9 Å². The van der Waals surface area contributed by atoms with E-state index in [2.05, 4.69) is 24.1 Å². The number of hydrogen-bond acceptors (Lipinski definition) is 5. The van der Waals surface area contributed by atoms with Crippen LogP contribution in [-0.2, 0) is 23.4 Å². The van der Waals surface area contributed by atoms with Gasteiger partial charge in [0, 0.05) is 38.6 Å². The molecule has 1 heterocycles. The predicted molar refractivity (Wildman–Crippen MR) is 111 cm³/mol. The molecule has 152 valence electrons. The maximum absolute atomic E-state index is 10.9. The molecule has 0 aliphatic heterocycles. The van der Waals surface area contributed by atoms with Crippen molar-refractivity contribution in [3.63, 3.8) is 0 Å². The van der Waals surface area contributed by atoms with Crippen molar-refractivity contribution in [2.24, 2.45) is 0 Å². The quantitative estimate of drug-likeness (QED) is 0.522. The van der Waals surface area contributed by atoms with Crippen LogP contribution >= 0.6 is 0 Å². The van der Waals surface area contributed by atoms with Gasteiger partial charge in [-0.2, -0.15) is 0 Å². The Morgan fingerprint density at radius 3 is 2.43 bits per heavy atom. The van der Waals surface area contributed by atoms with Gasteiger partial charge < -0.3 is 19.0 Å². The molecule has 0 unspecified atom stereocenters. The summed E-state index contributed by atoms with van der Waals surface area (Å²) in [6, 6.07) is 11.7. The Bertz CT molecular complexity index is 743. The SMILES string of the molecule is C=CCC(O)(CC=C)c1ccc(CN(CCOC)Cc2ccccc2OC)o1. The summed E-state index contributed by atoms with van der Waals surface area (Å²) in [5.74, 6) is 2.18. The highest BCUT2D eigenvalue weighted by atomic mass is 16.5. The normalized spacial score (nSPS) is 11.6. The van der Waals surface area contributed by atoms with Crippen molar-refractivity contribution >= 4 is 0 Å². The van der Waals surface area contributed by atoms with Gasteiger partial charge in [-0.25, -0.2) is 0 Å². The average molecular weight is 386 g/mol. The number of para-hydroxylation sites is 1. The van der Waals surface area contributed by atoms with Gasteiger partial charge in [0.05, 0.1) is 20.3 Å². The van der Waals surface area contributed by atoms with E-state index in [4.69, 9.17) is 13.9 Å². The zero-order valence-corrected chi connectivity index (χ0v) is 16.9. The molecule has 0 aliphatic rings. The summed E-state index contributed by atoms with van der Waals surface area (Å²) >= 11 is 0. The highest BCUT2D eigenvalue weighted by molar-refractivity contribution is 5.33. The van der Waals surface area contributed by atoms with E-state index in [0.717, 1.165) is 23.6 Å². The van der Waals surface area contributed by atoms with E-state index >= 15 is 0 Å².